The van der Waals surface area contributed by atoms with Crippen molar-refractivity contribution in [2.75, 3.05) is 18.8 Å². The fraction of sp³-hybridized carbons (Fsp3) is 0.467. The lowest BCUT2D eigenvalue weighted by Crippen LogP contribution is -2.54. The predicted octanol–water partition coefficient (Wildman–Crippen LogP) is 2.10. The molecular weight excluding hydrogens is 274 g/mol. The van der Waals surface area contributed by atoms with Crippen molar-refractivity contribution in [3.63, 3.8) is 0 Å². The summed E-state index contributed by atoms with van der Waals surface area (Å²) in [5.41, 5.74) is 1.21. The Morgan fingerprint density at radius 3 is 2.60 bits per heavy atom. The van der Waals surface area contributed by atoms with Gasteiger partial charge in [0.2, 0.25) is 5.91 Å². The average Bonchev–Trinajstić information content (AvgIpc) is 2.38. The topological polar surface area (TPSA) is 57.6 Å². The molecule has 1 unspecified atom stereocenters. The molecule has 4 nitrogen and oxygen atoms in total. The molecule has 1 fully saturated rings. The van der Waals surface area contributed by atoms with Crippen LogP contribution in [0.4, 0.5) is 0 Å². The molecule has 1 atom stereocenters. The van der Waals surface area contributed by atoms with E-state index in [1.165, 1.54) is 5.56 Å². The Labute approximate surface area is 123 Å². The first-order valence-corrected chi connectivity index (χ1v) is 7.85. The molecule has 20 heavy (non-hydrogen) atoms. The van der Waals surface area contributed by atoms with Gasteiger partial charge in [0.05, 0.1) is 11.7 Å². The van der Waals surface area contributed by atoms with Crippen molar-refractivity contribution in [3.05, 3.63) is 35.9 Å². The zero-order valence-electron chi connectivity index (χ0n) is 11.5. The summed E-state index contributed by atoms with van der Waals surface area (Å²) in [4.78, 5) is 24.5. The fourth-order valence-electron chi connectivity index (χ4n) is 2.16. The van der Waals surface area contributed by atoms with E-state index in [-0.39, 0.29) is 17.7 Å². The minimum absolute atomic E-state index is 0.107. The largest absolute Gasteiger partial charge is 0.481 e. The van der Waals surface area contributed by atoms with E-state index in [2.05, 4.69) is 0 Å². The molecule has 0 spiro atoms. The van der Waals surface area contributed by atoms with Gasteiger partial charge in [-0.1, -0.05) is 37.3 Å². The van der Waals surface area contributed by atoms with Crippen LogP contribution < -0.4 is 0 Å². The number of aliphatic carboxylic acids is 1. The van der Waals surface area contributed by atoms with Gasteiger partial charge in [-0.3, -0.25) is 9.59 Å². The number of amides is 1. The van der Waals surface area contributed by atoms with Crippen molar-refractivity contribution in [2.45, 2.75) is 12.7 Å². The van der Waals surface area contributed by atoms with Crippen LogP contribution in [0.3, 0.4) is 0 Å². The Morgan fingerprint density at radius 2 is 2.00 bits per heavy atom. The number of benzene rings is 1. The van der Waals surface area contributed by atoms with Gasteiger partial charge in [0.15, 0.2) is 0 Å². The third-order valence-corrected chi connectivity index (χ3v) is 4.68. The first-order valence-electron chi connectivity index (χ1n) is 6.70. The molecule has 108 valence electrons. The van der Waals surface area contributed by atoms with Crippen LogP contribution in [0.1, 0.15) is 12.5 Å². The van der Waals surface area contributed by atoms with Crippen LogP contribution in [0.2, 0.25) is 0 Å². The van der Waals surface area contributed by atoms with Gasteiger partial charge in [-0.15, -0.1) is 11.8 Å². The summed E-state index contributed by atoms with van der Waals surface area (Å²) in [7, 11) is 0. The van der Waals surface area contributed by atoms with E-state index in [4.69, 9.17) is 5.11 Å². The van der Waals surface area contributed by atoms with Gasteiger partial charge in [-0.05, 0) is 5.56 Å². The quantitative estimate of drug-likeness (QED) is 0.872. The maximum absolute atomic E-state index is 11.9. The summed E-state index contributed by atoms with van der Waals surface area (Å²) in [5.74, 6) is 0.366. The molecule has 1 aliphatic heterocycles. The number of thioether (sulfide) groups is 1. The van der Waals surface area contributed by atoms with Crippen molar-refractivity contribution in [2.24, 2.45) is 11.8 Å². The van der Waals surface area contributed by atoms with Crippen molar-refractivity contribution in [1.29, 1.82) is 0 Å². The van der Waals surface area contributed by atoms with Gasteiger partial charge in [-0.25, -0.2) is 0 Å². The highest BCUT2D eigenvalue weighted by Gasteiger charge is 2.36. The highest BCUT2D eigenvalue weighted by atomic mass is 32.2. The number of carboxylic acids is 1. The van der Waals surface area contributed by atoms with Gasteiger partial charge in [0, 0.05) is 24.8 Å². The zero-order valence-corrected chi connectivity index (χ0v) is 12.3. The molecule has 0 aliphatic carbocycles. The third kappa shape index (κ3) is 3.76. The first kappa shape index (κ1) is 14.9. The van der Waals surface area contributed by atoms with Crippen LogP contribution in [0, 0.1) is 11.8 Å². The van der Waals surface area contributed by atoms with Crippen LogP contribution in [0.25, 0.3) is 0 Å². The lowest BCUT2D eigenvalue weighted by atomic mass is 9.87. The van der Waals surface area contributed by atoms with Gasteiger partial charge >= 0.3 is 5.97 Å². The Morgan fingerprint density at radius 1 is 1.35 bits per heavy atom. The SMILES string of the molecule is CC(C(=O)O)C1CN(C(=O)CSCc2ccccc2)C1. The van der Waals surface area contributed by atoms with Crippen LogP contribution in [-0.4, -0.2) is 40.7 Å². The van der Waals surface area contributed by atoms with E-state index in [9.17, 15) is 9.59 Å². The Hall–Kier alpha value is -1.49. The fourth-order valence-corrected chi connectivity index (χ4v) is 3.04. The number of carboxylic acid groups (broad SMARTS) is 1. The zero-order chi connectivity index (χ0) is 14.5. The molecule has 0 radical (unpaired) electrons. The number of nitrogens with zero attached hydrogens (tertiary/aromatic N) is 1. The summed E-state index contributed by atoms with van der Waals surface area (Å²) < 4.78 is 0. The molecule has 1 aliphatic rings. The number of likely N-dealkylation sites (tertiary alicyclic amines) is 1. The van der Waals surface area contributed by atoms with Crippen LogP contribution in [0.15, 0.2) is 30.3 Å². The summed E-state index contributed by atoms with van der Waals surface area (Å²) in [5, 5.41) is 8.90. The molecule has 1 N–H and O–H groups in total. The minimum Gasteiger partial charge on any atom is -0.481 e. The number of hydrogen-bond donors (Lipinski definition) is 1. The summed E-state index contributed by atoms with van der Waals surface area (Å²) in [6.07, 6.45) is 0. The predicted molar refractivity (Wildman–Crippen MR) is 79.5 cm³/mol. The molecule has 1 aromatic rings. The summed E-state index contributed by atoms with van der Waals surface area (Å²) >= 11 is 1.60. The van der Waals surface area contributed by atoms with E-state index in [0.717, 1.165) is 5.75 Å². The van der Waals surface area contributed by atoms with E-state index < -0.39 is 5.97 Å². The maximum Gasteiger partial charge on any atom is 0.306 e. The summed E-state index contributed by atoms with van der Waals surface area (Å²) in [6.45, 7) is 2.87. The van der Waals surface area contributed by atoms with Gasteiger partial charge in [0.1, 0.15) is 0 Å². The lowest BCUT2D eigenvalue weighted by molar-refractivity contribution is -0.149. The molecule has 2 rings (SSSR count). The van der Waals surface area contributed by atoms with Crippen molar-refractivity contribution in [1.82, 2.24) is 4.90 Å². The monoisotopic (exact) mass is 293 g/mol. The molecule has 0 aromatic heterocycles. The maximum atomic E-state index is 11.9. The van der Waals surface area contributed by atoms with Gasteiger partial charge < -0.3 is 10.0 Å². The molecule has 1 heterocycles. The third-order valence-electron chi connectivity index (χ3n) is 3.70. The van der Waals surface area contributed by atoms with Crippen LogP contribution in [-0.2, 0) is 15.3 Å². The van der Waals surface area contributed by atoms with E-state index in [0.29, 0.717) is 18.8 Å². The van der Waals surface area contributed by atoms with Crippen molar-refractivity contribution in [3.8, 4) is 0 Å². The second kappa shape index (κ2) is 6.79. The molecule has 1 amide bonds. The normalized spacial score (nSPS) is 16.6. The number of rotatable bonds is 6. The molecule has 5 heteroatoms. The van der Waals surface area contributed by atoms with Crippen molar-refractivity contribution >= 4 is 23.6 Å². The average molecular weight is 293 g/mol. The summed E-state index contributed by atoms with van der Waals surface area (Å²) in [6, 6.07) is 10.1. The molecule has 0 bridgehead atoms. The Balaban J connectivity index is 1.66. The minimum atomic E-state index is -0.777. The number of carbonyl (C=O) groups excluding carboxylic acids is 1. The standard InChI is InChI=1S/C15H19NO3S/c1-11(15(18)19)13-7-16(8-13)14(17)10-20-9-12-5-3-2-4-6-12/h2-6,11,13H,7-10H2,1H3,(H,18,19). The van der Waals surface area contributed by atoms with Crippen LogP contribution >= 0.6 is 11.8 Å². The smallest absolute Gasteiger partial charge is 0.306 e. The first-order chi connectivity index (χ1) is 9.58. The number of hydrogen-bond acceptors (Lipinski definition) is 3. The Kier molecular flexibility index (Phi) is 5.06. The van der Waals surface area contributed by atoms with Gasteiger partial charge in [-0.2, -0.15) is 0 Å². The highest BCUT2D eigenvalue weighted by Crippen LogP contribution is 2.25. The molecule has 1 aromatic carbocycles. The Bertz CT molecular complexity index is 471. The molecular formula is C15H19NO3S. The second-order valence-corrected chi connectivity index (χ2v) is 6.15. The van der Waals surface area contributed by atoms with E-state index >= 15 is 0 Å². The molecule has 1 saturated heterocycles. The van der Waals surface area contributed by atoms with E-state index in [1.807, 2.05) is 30.3 Å². The second-order valence-electron chi connectivity index (χ2n) is 5.16. The van der Waals surface area contributed by atoms with Crippen LogP contribution in [0.5, 0.6) is 0 Å². The van der Waals surface area contributed by atoms with Gasteiger partial charge in [0.25, 0.3) is 0 Å². The highest BCUT2D eigenvalue weighted by molar-refractivity contribution is 7.99. The van der Waals surface area contributed by atoms with E-state index in [1.54, 1.807) is 23.6 Å². The number of carbonyl (C=O) groups is 2. The lowest BCUT2D eigenvalue weighted by Gasteiger charge is -2.41. The van der Waals surface area contributed by atoms with Crippen molar-refractivity contribution < 1.29 is 14.7 Å². The molecule has 0 saturated carbocycles.